The molecule has 0 aliphatic heterocycles. The van der Waals surface area contributed by atoms with E-state index in [-0.39, 0.29) is 6.10 Å². The summed E-state index contributed by atoms with van der Waals surface area (Å²) >= 11 is 0. The molecule has 150 valence electrons. The quantitative estimate of drug-likeness (QED) is 0.496. The van der Waals surface area contributed by atoms with E-state index < -0.39 is 0 Å². The van der Waals surface area contributed by atoms with Crippen molar-refractivity contribution in [3.8, 4) is 22.3 Å². The first kappa shape index (κ1) is 19.9. The van der Waals surface area contributed by atoms with E-state index in [1.165, 1.54) is 58.2 Å². The topological polar surface area (TPSA) is 20.2 Å². The highest BCUT2D eigenvalue weighted by Gasteiger charge is 2.18. The summed E-state index contributed by atoms with van der Waals surface area (Å²) in [6.07, 6.45) is 6.69. The van der Waals surface area contributed by atoms with Gasteiger partial charge in [-0.2, -0.15) is 0 Å². The molecule has 0 spiro atoms. The summed E-state index contributed by atoms with van der Waals surface area (Å²) in [5, 5.41) is 9.66. The molecule has 0 heterocycles. The average Bonchev–Trinajstić information content (AvgIpc) is 2.74. The minimum Gasteiger partial charge on any atom is -0.393 e. The Hall–Kier alpha value is -2.38. The van der Waals surface area contributed by atoms with Crippen LogP contribution in [-0.2, 0) is 6.42 Å². The lowest BCUT2D eigenvalue weighted by molar-refractivity contribution is 0.106. The molecule has 29 heavy (non-hydrogen) atoms. The third-order valence-corrected chi connectivity index (χ3v) is 6.53. The van der Waals surface area contributed by atoms with Gasteiger partial charge in [0.25, 0.3) is 0 Å². The maximum absolute atomic E-state index is 9.66. The average molecular weight is 385 g/mol. The van der Waals surface area contributed by atoms with Crippen molar-refractivity contribution < 1.29 is 5.11 Å². The Morgan fingerprint density at radius 1 is 0.724 bits per heavy atom. The van der Waals surface area contributed by atoms with E-state index in [4.69, 9.17) is 0 Å². The van der Waals surface area contributed by atoms with Crippen LogP contribution in [-0.4, -0.2) is 11.2 Å². The number of aliphatic hydroxyl groups excluding tert-OH is 1. The van der Waals surface area contributed by atoms with E-state index in [1.54, 1.807) is 0 Å². The maximum Gasteiger partial charge on any atom is 0.0540 e. The van der Waals surface area contributed by atoms with Gasteiger partial charge in [0, 0.05) is 0 Å². The van der Waals surface area contributed by atoms with Crippen LogP contribution in [0.25, 0.3) is 22.3 Å². The Morgan fingerprint density at radius 3 is 2.00 bits per heavy atom. The molecule has 0 radical (unpaired) electrons. The molecule has 3 aromatic carbocycles. The molecule has 1 aliphatic rings. The summed E-state index contributed by atoms with van der Waals surface area (Å²) in [6, 6.07) is 24.7. The molecule has 1 fully saturated rings. The molecule has 1 heteroatoms. The SMILES string of the molecule is Cc1ccc(-c2ccc(-c3ccc(CCC4CCC(O)CC4)cc3)cc2C)cc1. The molecule has 1 saturated carbocycles. The van der Waals surface area contributed by atoms with Gasteiger partial charge in [0.2, 0.25) is 0 Å². The first-order valence-electron chi connectivity index (χ1n) is 11.0. The monoisotopic (exact) mass is 384 g/mol. The second-order valence-corrected chi connectivity index (χ2v) is 8.81. The van der Waals surface area contributed by atoms with Gasteiger partial charge in [-0.25, -0.2) is 0 Å². The van der Waals surface area contributed by atoms with Gasteiger partial charge in [0.15, 0.2) is 0 Å². The number of hydrogen-bond acceptors (Lipinski definition) is 1. The van der Waals surface area contributed by atoms with Gasteiger partial charge >= 0.3 is 0 Å². The molecule has 1 nitrogen and oxygen atoms in total. The fraction of sp³-hybridized carbons (Fsp3) is 0.357. The van der Waals surface area contributed by atoms with Gasteiger partial charge in [-0.15, -0.1) is 0 Å². The molecule has 0 amide bonds. The summed E-state index contributed by atoms with van der Waals surface area (Å²) in [5.41, 5.74) is 9.19. The van der Waals surface area contributed by atoms with Crippen molar-refractivity contribution in [1.29, 1.82) is 0 Å². The van der Waals surface area contributed by atoms with Crippen LogP contribution in [0.1, 0.15) is 48.8 Å². The predicted octanol–water partition coefficient (Wildman–Crippen LogP) is 7.12. The van der Waals surface area contributed by atoms with E-state index in [0.717, 1.165) is 25.2 Å². The normalized spacial score (nSPS) is 19.3. The molecule has 4 rings (SSSR count). The Kier molecular flexibility index (Phi) is 6.16. The molecule has 0 aromatic heterocycles. The van der Waals surface area contributed by atoms with Crippen LogP contribution in [0.15, 0.2) is 66.7 Å². The summed E-state index contributed by atoms with van der Waals surface area (Å²) in [5.74, 6) is 0.787. The molecule has 0 atom stereocenters. The number of aryl methyl sites for hydroxylation is 3. The zero-order valence-electron chi connectivity index (χ0n) is 17.7. The number of aliphatic hydroxyl groups is 1. The molecular formula is C28H32O. The smallest absolute Gasteiger partial charge is 0.0540 e. The lowest BCUT2D eigenvalue weighted by Gasteiger charge is -2.25. The molecule has 0 saturated heterocycles. The first-order chi connectivity index (χ1) is 14.1. The number of benzene rings is 3. The highest BCUT2D eigenvalue weighted by Crippen LogP contribution is 2.30. The second-order valence-electron chi connectivity index (χ2n) is 8.81. The van der Waals surface area contributed by atoms with E-state index in [9.17, 15) is 5.11 Å². The first-order valence-corrected chi connectivity index (χ1v) is 11.0. The van der Waals surface area contributed by atoms with Crippen LogP contribution in [0.2, 0.25) is 0 Å². The van der Waals surface area contributed by atoms with E-state index >= 15 is 0 Å². The Balaban J connectivity index is 1.42. The number of hydrogen-bond donors (Lipinski definition) is 1. The fourth-order valence-electron chi connectivity index (χ4n) is 4.57. The zero-order chi connectivity index (χ0) is 20.2. The fourth-order valence-corrected chi connectivity index (χ4v) is 4.57. The van der Waals surface area contributed by atoms with Crippen molar-refractivity contribution in [1.82, 2.24) is 0 Å². The van der Waals surface area contributed by atoms with Gasteiger partial charge in [0.1, 0.15) is 0 Å². The van der Waals surface area contributed by atoms with Crippen LogP contribution < -0.4 is 0 Å². The van der Waals surface area contributed by atoms with Gasteiger partial charge in [-0.3, -0.25) is 0 Å². The molecular weight excluding hydrogens is 352 g/mol. The molecule has 0 unspecified atom stereocenters. The van der Waals surface area contributed by atoms with Gasteiger partial charge in [-0.05, 0) is 91.7 Å². The Morgan fingerprint density at radius 2 is 1.34 bits per heavy atom. The summed E-state index contributed by atoms with van der Waals surface area (Å²) in [6.45, 7) is 4.33. The van der Waals surface area contributed by atoms with E-state index in [1.807, 2.05) is 0 Å². The van der Waals surface area contributed by atoms with Crippen molar-refractivity contribution >= 4 is 0 Å². The number of rotatable bonds is 5. The second kappa shape index (κ2) is 8.97. The van der Waals surface area contributed by atoms with Crippen molar-refractivity contribution in [2.45, 2.75) is 58.5 Å². The minimum absolute atomic E-state index is 0.0496. The lowest BCUT2D eigenvalue weighted by Crippen LogP contribution is -2.18. The third kappa shape index (κ3) is 4.97. The van der Waals surface area contributed by atoms with Gasteiger partial charge < -0.3 is 5.11 Å². The predicted molar refractivity (Wildman–Crippen MR) is 123 cm³/mol. The standard InChI is InChI=1S/C28H32O/c1-20-3-11-25(12-4-20)28-18-15-26(19-21(28)2)24-13-7-22(8-14-24)5-6-23-9-16-27(29)17-10-23/h3-4,7-8,11-15,18-19,23,27,29H,5-6,9-10,16-17H2,1-2H3. The van der Waals surface area contributed by atoms with Crippen molar-refractivity contribution in [2.75, 3.05) is 0 Å². The summed E-state index contributed by atoms with van der Waals surface area (Å²) in [4.78, 5) is 0. The lowest BCUT2D eigenvalue weighted by atomic mass is 9.84. The van der Waals surface area contributed by atoms with E-state index in [2.05, 4.69) is 80.6 Å². The summed E-state index contributed by atoms with van der Waals surface area (Å²) in [7, 11) is 0. The zero-order valence-corrected chi connectivity index (χ0v) is 17.7. The third-order valence-electron chi connectivity index (χ3n) is 6.53. The van der Waals surface area contributed by atoms with Crippen molar-refractivity contribution in [3.05, 3.63) is 83.4 Å². The highest BCUT2D eigenvalue weighted by atomic mass is 16.3. The molecule has 3 aromatic rings. The molecule has 0 bridgehead atoms. The molecule has 1 N–H and O–H groups in total. The van der Waals surface area contributed by atoms with Crippen LogP contribution in [0.3, 0.4) is 0 Å². The van der Waals surface area contributed by atoms with Crippen LogP contribution >= 0.6 is 0 Å². The van der Waals surface area contributed by atoms with E-state index in [0.29, 0.717) is 0 Å². The van der Waals surface area contributed by atoms with Crippen molar-refractivity contribution in [2.24, 2.45) is 5.92 Å². The highest BCUT2D eigenvalue weighted by molar-refractivity contribution is 5.73. The Labute approximate surface area is 175 Å². The van der Waals surface area contributed by atoms with Gasteiger partial charge in [-0.1, -0.05) is 72.3 Å². The van der Waals surface area contributed by atoms with Crippen molar-refractivity contribution in [3.63, 3.8) is 0 Å². The van der Waals surface area contributed by atoms with Crippen LogP contribution in [0.5, 0.6) is 0 Å². The summed E-state index contributed by atoms with van der Waals surface area (Å²) < 4.78 is 0. The molecule has 1 aliphatic carbocycles. The van der Waals surface area contributed by atoms with Crippen LogP contribution in [0, 0.1) is 19.8 Å². The Bertz CT molecular complexity index is 929. The minimum atomic E-state index is -0.0496. The maximum atomic E-state index is 9.66. The van der Waals surface area contributed by atoms with Crippen LogP contribution in [0.4, 0.5) is 0 Å². The van der Waals surface area contributed by atoms with Gasteiger partial charge in [0.05, 0.1) is 6.10 Å². The largest absolute Gasteiger partial charge is 0.393 e.